The molecule has 3 rings (SSSR count). The van der Waals surface area contributed by atoms with Crippen LogP contribution in [0.2, 0.25) is 0 Å². The Bertz CT molecular complexity index is 460. The maximum Gasteiger partial charge on any atom is 0.165 e. The van der Waals surface area contributed by atoms with Crippen LogP contribution in [0.1, 0.15) is 11.6 Å². The summed E-state index contributed by atoms with van der Waals surface area (Å²) in [6.07, 6.45) is 0. The molecule has 1 aromatic rings. The monoisotopic (exact) mass is 265 g/mol. The molecule has 0 radical (unpaired) electrons. The van der Waals surface area contributed by atoms with Gasteiger partial charge < -0.3 is 15.4 Å². The molecular weight excluding hydrogens is 245 g/mol. The van der Waals surface area contributed by atoms with Crippen LogP contribution in [0.5, 0.6) is 5.75 Å². The van der Waals surface area contributed by atoms with Gasteiger partial charge >= 0.3 is 0 Å². The van der Waals surface area contributed by atoms with E-state index in [1.165, 1.54) is 6.07 Å². The average molecular weight is 265 g/mol. The van der Waals surface area contributed by atoms with Crippen LogP contribution in [0.3, 0.4) is 0 Å². The molecule has 2 atom stereocenters. The van der Waals surface area contributed by atoms with Crippen molar-refractivity contribution in [2.45, 2.75) is 12.1 Å². The van der Waals surface area contributed by atoms with E-state index in [4.69, 9.17) is 10.5 Å². The highest BCUT2D eigenvalue weighted by Crippen LogP contribution is 2.37. The van der Waals surface area contributed by atoms with Crippen LogP contribution in [0.15, 0.2) is 18.2 Å². The van der Waals surface area contributed by atoms with Gasteiger partial charge in [-0.3, -0.25) is 4.90 Å². The second-order valence-electron chi connectivity index (χ2n) is 5.42. The van der Waals surface area contributed by atoms with E-state index in [-0.39, 0.29) is 17.9 Å². The Kier molecular flexibility index (Phi) is 3.43. The van der Waals surface area contributed by atoms with E-state index in [1.807, 2.05) is 6.07 Å². The van der Waals surface area contributed by atoms with Gasteiger partial charge in [0.1, 0.15) is 6.61 Å². The second-order valence-corrected chi connectivity index (χ2v) is 5.42. The summed E-state index contributed by atoms with van der Waals surface area (Å²) in [5, 5.41) is 0. The maximum atomic E-state index is 13.8. The van der Waals surface area contributed by atoms with Crippen molar-refractivity contribution in [3.63, 3.8) is 0 Å². The number of ether oxygens (including phenoxy) is 1. The number of piperazine rings is 1. The lowest BCUT2D eigenvalue weighted by Gasteiger charge is -2.43. The predicted octanol–water partition coefficient (Wildman–Crippen LogP) is 0.834. The minimum absolute atomic E-state index is 0.0631. The molecule has 0 spiro atoms. The summed E-state index contributed by atoms with van der Waals surface area (Å²) < 4.78 is 19.3. The third-order valence-electron chi connectivity index (χ3n) is 4.07. The van der Waals surface area contributed by atoms with Crippen molar-refractivity contribution in [2.75, 3.05) is 39.8 Å². The maximum absolute atomic E-state index is 13.8. The van der Waals surface area contributed by atoms with Crippen LogP contribution in [-0.4, -0.2) is 55.7 Å². The molecule has 2 N–H and O–H groups in total. The summed E-state index contributed by atoms with van der Waals surface area (Å²) in [6, 6.07) is 5.07. The Balaban J connectivity index is 1.91. The van der Waals surface area contributed by atoms with Crippen molar-refractivity contribution in [3.8, 4) is 5.75 Å². The summed E-state index contributed by atoms with van der Waals surface area (Å²) in [7, 11) is 2.12. The molecule has 0 bridgehead atoms. The van der Waals surface area contributed by atoms with Gasteiger partial charge in [-0.1, -0.05) is 12.1 Å². The first kappa shape index (κ1) is 12.8. The number of hydrogen-bond acceptors (Lipinski definition) is 4. The fourth-order valence-corrected chi connectivity index (χ4v) is 2.98. The number of rotatable bonds is 1. The highest BCUT2D eigenvalue weighted by molar-refractivity contribution is 5.40. The Morgan fingerprint density at radius 2 is 2.00 bits per heavy atom. The molecule has 2 heterocycles. The van der Waals surface area contributed by atoms with E-state index in [0.717, 1.165) is 31.7 Å². The van der Waals surface area contributed by atoms with E-state index in [1.54, 1.807) is 6.07 Å². The zero-order valence-corrected chi connectivity index (χ0v) is 11.2. The molecule has 19 heavy (non-hydrogen) atoms. The molecule has 1 saturated heterocycles. The van der Waals surface area contributed by atoms with Gasteiger partial charge in [0.2, 0.25) is 0 Å². The van der Waals surface area contributed by atoms with Gasteiger partial charge in [-0.15, -0.1) is 0 Å². The number of benzene rings is 1. The lowest BCUT2D eigenvalue weighted by atomic mass is 9.94. The van der Waals surface area contributed by atoms with Crippen LogP contribution in [0.4, 0.5) is 4.39 Å². The van der Waals surface area contributed by atoms with Crippen LogP contribution in [0.25, 0.3) is 0 Å². The lowest BCUT2D eigenvalue weighted by molar-refractivity contribution is 0.0708. The molecule has 0 aromatic heterocycles. The Morgan fingerprint density at radius 1 is 1.26 bits per heavy atom. The molecule has 104 valence electrons. The summed E-state index contributed by atoms with van der Waals surface area (Å²) in [5.74, 6) is 0.0941. The van der Waals surface area contributed by atoms with Gasteiger partial charge in [0.25, 0.3) is 0 Å². The minimum atomic E-state index is -0.288. The Morgan fingerprint density at radius 3 is 2.74 bits per heavy atom. The molecule has 2 unspecified atom stereocenters. The molecule has 4 nitrogen and oxygen atoms in total. The molecule has 1 aromatic carbocycles. The number of nitrogens with zero attached hydrogens (tertiary/aromatic N) is 2. The first-order chi connectivity index (χ1) is 9.16. The normalized spacial score (nSPS) is 28.8. The van der Waals surface area contributed by atoms with Gasteiger partial charge in [-0.05, 0) is 13.1 Å². The fraction of sp³-hybridized carbons (Fsp3) is 0.571. The van der Waals surface area contributed by atoms with E-state index >= 15 is 0 Å². The molecule has 1 fully saturated rings. The molecule has 2 aliphatic rings. The predicted molar refractivity (Wildman–Crippen MR) is 71.7 cm³/mol. The zero-order valence-electron chi connectivity index (χ0n) is 11.2. The Labute approximate surface area is 112 Å². The average Bonchev–Trinajstić information content (AvgIpc) is 2.40. The molecular formula is C14H20FN3O. The number of fused-ring (bicyclic) bond motifs is 1. The smallest absolute Gasteiger partial charge is 0.165 e. The van der Waals surface area contributed by atoms with Crippen molar-refractivity contribution in [2.24, 2.45) is 5.73 Å². The molecule has 2 aliphatic heterocycles. The third kappa shape index (κ3) is 2.33. The van der Waals surface area contributed by atoms with E-state index in [2.05, 4.69) is 16.8 Å². The van der Waals surface area contributed by atoms with Gasteiger partial charge in [-0.25, -0.2) is 4.39 Å². The summed E-state index contributed by atoms with van der Waals surface area (Å²) in [4.78, 5) is 4.65. The largest absolute Gasteiger partial charge is 0.488 e. The van der Waals surface area contributed by atoms with Crippen LogP contribution >= 0.6 is 0 Å². The van der Waals surface area contributed by atoms with Crippen LogP contribution in [-0.2, 0) is 0 Å². The summed E-state index contributed by atoms with van der Waals surface area (Å²) in [5.41, 5.74) is 7.10. The van der Waals surface area contributed by atoms with Crippen LogP contribution < -0.4 is 10.5 Å². The molecule has 0 saturated carbocycles. The van der Waals surface area contributed by atoms with Gasteiger partial charge in [0.15, 0.2) is 11.6 Å². The topological polar surface area (TPSA) is 41.7 Å². The number of hydrogen-bond donors (Lipinski definition) is 1. The van der Waals surface area contributed by atoms with Crippen molar-refractivity contribution in [1.82, 2.24) is 9.80 Å². The van der Waals surface area contributed by atoms with Crippen molar-refractivity contribution in [3.05, 3.63) is 29.6 Å². The van der Waals surface area contributed by atoms with Crippen molar-refractivity contribution >= 4 is 0 Å². The van der Waals surface area contributed by atoms with Gasteiger partial charge in [0, 0.05) is 31.7 Å². The summed E-state index contributed by atoms with van der Waals surface area (Å²) in [6.45, 7) is 4.35. The van der Waals surface area contributed by atoms with Gasteiger partial charge in [-0.2, -0.15) is 0 Å². The Hall–Kier alpha value is -1.17. The highest BCUT2D eigenvalue weighted by atomic mass is 19.1. The van der Waals surface area contributed by atoms with Crippen molar-refractivity contribution < 1.29 is 9.13 Å². The van der Waals surface area contributed by atoms with E-state index in [0.29, 0.717) is 12.4 Å². The number of para-hydroxylation sites is 1. The second kappa shape index (κ2) is 5.07. The number of nitrogens with two attached hydrogens (primary N) is 1. The molecule has 0 amide bonds. The fourth-order valence-electron chi connectivity index (χ4n) is 2.98. The van der Waals surface area contributed by atoms with E-state index < -0.39 is 0 Å². The quantitative estimate of drug-likeness (QED) is 0.817. The number of halogens is 1. The first-order valence-electron chi connectivity index (χ1n) is 6.76. The van der Waals surface area contributed by atoms with Crippen molar-refractivity contribution in [1.29, 1.82) is 0 Å². The molecule has 0 aliphatic carbocycles. The van der Waals surface area contributed by atoms with E-state index in [9.17, 15) is 4.39 Å². The van der Waals surface area contributed by atoms with Gasteiger partial charge in [0.05, 0.1) is 12.1 Å². The lowest BCUT2D eigenvalue weighted by Crippen LogP contribution is -2.53. The number of likely N-dealkylation sites (N-methyl/N-ethyl adjacent to an activating group) is 1. The SMILES string of the molecule is CN1CCN(C2c3cccc(F)c3OCC2N)CC1. The first-order valence-corrected chi connectivity index (χ1v) is 6.76. The summed E-state index contributed by atoms with van der Waals surface area (Å²) >= 11 is 0. The zero-order chi connectivity index (χ0) is 13.4. The minimum Gasteiger partial charge on any atom is -0.488 e. The third-order valence-corrected chi connectivity index (χ3v) is 4.07. The van der Waals surface area contributed by atoms with Crippen LogP contribution in [0, 0.1) is 5.82 Å². The highest BCUT2D eigenvalue weighted by Gasteiger charge is 2.35. The molecule has 5 heteroatoms. The standard InChI is InChI=1S/C14H20FN3O/c1-17-5-7-18(8-6-17)13-10-3-2-4-11(15)14(10)19-9-12(13)16/h2-4,12-13H,5-9,16H2,1H3.